The van der Waals surface area contributed by atoms with E-state index < -0.39 is 0 Å². The lowest BCUT2D eigenvalue weighted by Crippen LogP contribution is -2.29. The number of nitrogens with zero attached hydrogens (tertiary/aromatic N) is 1. The molecule has 1 aromatic rings. The van der Waals surface area contributed by atoms with Crippen molar-refractivity contribution >= 4 is 17.4 Å². The average molecular weight is 239 g/mol. The highest BCUT2D eigenvalue weighted by Crippen LogP contribution is 2.35. The summed E-state index contributed by atoms with van der Waals surface area (Å²) in [6, 6.07) is 3.81. The number of pyridine rings is 1. The molecule has 0 aromatic carbocycles. The number of halogens is 1. The molecule has 2 rings (SSSR count). The molecule has 1 saturated carbocycles. The highest BCUT2D eigenvalue weighted by Gasteiger charge is 2.26. The van der Waals surface area contributed by atoms with Crippen LogP contribution in [0, 0.1) is 5.41 Å². The number of anilines is 1. The molecule has 0 unspecified atom stereocenters. The van der Waals surface area contributed by atoms with Crippen LogP contribution >= 0.6 is 11.6 Å². The third kappa shape index (κ3) is 3.11. The maximum absolute atomic E-state index is 5.80. The van der Waals surface area contributed by atoms with Crippen molar-refractivity contribution in [1.82, 2.24) is 4.98 Å². The van der Waals surface area contributed by atoms with Gasteiger partial charge in [-0.2, -0.15) is 0 Å². The van der Waals surface area contributed by atoms with E-state index in [1.54, 1.807) is 6.20 Å². The van der Waals surface area contributed by atoms with Crippen molar-refractivity contribution in [1.29, 1.82) is 0 Å². The van der Waals surface area contributed by atoms with Crippen LogP contribution in [0.15, 0.2) is 18.3 Å². The smallest absolute Gasteiger partial charge is 0.126 e. The van der Waals surface area contributed by atoms with Gasteiger partial charge in [0.1, 0.15) is 5.82 Å². The zero-order valence-corrected chi connectivity index (χ0v) is 10.6. The summed E-state index contributed by atoms with van der Waals surface area (Å²) in [6.07, 6.45) is 8.47. The molecule has 16 heavy (non-hydrogen) atoms. The maximum Gasteiger partial charge on any atom is 0.126 e. The fourth-order valence-electron chi connectivity index (χ4n) is 2.37. The summed E-state index contributed by atoms with van der Waals surface area (Å²) >= 11 is 5.80. The van der Waals surface area contributed by atoms with Crippen LogP contribution in [0.1, 0.15) is 39.0 Å². The molecule has 0 atom stereocenters. The van der Waals surface area contributed by atoms with Crippen LogP contribution in [-0.4, -0.2) is 11.5 Å². The first-order valence-corrected chi connectivity index (χ1v) is 6.41. The lowest BCUT2D eigenvalue weighted by Gasteiger charge is -2.33. The molecule has 0 aliphatic heterocycles. The van der Waals surface area contributed by atoms with Crippen molar-refractivity contribution in [2.24, 2.45) is 5.41 Å². The molecule has 2 nitrogen and oxygen atoms in total. The molecular weight excluding hydrogens is 220 g/mol. The van der Waals surface area contributed by atoms with Crippen LogP contribution in [0.2, 0.25) is 5.02 Å². The molecule has 0 amide bonds. The van der Waals surface area contributed by atoms with Crippen molar-refractivity contribution in [3.63, 3.8) is 0 Å². The molecule has 1 heterocycles. The Labute approximate surface area is 102 Å². The van der Waals surface area contributed by atoms with Gasteiger partial charge >= 0.3 is 0 Å². The van der Waals surface area contributed by atoms with Gasteiger partial charge in [-0.1, -0.05) is 37.8 Å². The van der Waals surface area contributed by atoms with Gasteiger partial charge in [-0.25, -0.2) is 4.98 Å². The van der Waals surface area contributed by atoms with E-state index in [2.05, 4.69) is 17.2 Å². The first-order chi connectivity index (χ1) is 7.68. The summed E-state index contributed by atoms with van der Waals surface area (Å²) in [5.41, 5.74) is 0.444. The van der Waals surface area contributed by atoms with Crippen LogP contribution in [0.5, 0.6) is 0 Å². The van der Waals surface area contributed by atoms with Gasteiger partial charge in [0.05, 0.1) is 5.02 Å². The van der Waals surface area contributed by atoms with Crippen molar-refractivity contribution in [2.75, 3.05) is 11.9 Å². The van der Waals surface area contributed by atoms with Crippen molar-refractivity contribution in [3.8, 4) is 0 Å². The van der Waals surface area contributed by atoms with Gasteiger partial charge in [-0.3, -0.25) is 0 Å². The standard InChI is InChI=1S/C13H19ClN2/c1-13(7-3-2-4-8-13)10-16-12-6-5-11(14)9-15-12/h5-6,9H,2-4,7-8,10H2,1H3,(H,15,16). The van der Waals surface area contributed by atoms with Gasteiger partial charge in [-0.15, -0.1) is 0 Å². The third-order valence-electron chi connectivity index (χ3n) is 3.48. The van der Waals surface area contributed by atoms with Gasteiger partial charge in [0.15, 0.2) is 0 Å². The summed E-state index contributed by atoms with van der Waals surface area (Å²) < 4.78 is 0. The topological polar surface area (TPSA) is 24.9 Å². The first-order valence-electron chi connectivity index (χ1n) is 6.03. The monoisotopic (exact) mass is 238 g/mol. The zero-order chi connectivity index (χ0) is 11.4. The molecule has 1 fully saturated rings. The molecule has 1 aliphatic carbocycles. The molecule has 1 aromatic heterocycles. The lowest BCUT2D eigenvalue weighted by atomic mass is 9.76. The number of hydrogen-bond acceptors (Lipinski definition) is 2. The SMILES string of the molecule is CC1(CNc2ccc(Cl)cn2)CCCCC1. The first kappa shape index (κ1) is 11.7. The molecule has 3 heteroatoms. The number of aromatic nitrogens is 1. The van der Waals surface area contributed by atoms with Gasteiger partial charge in [0.2, 0.25) is 0 Å². The van der Waals surface area contributed by atoms with E-state index in [-0.39, 0.29) is 0 Å². The van der Waals surface area contributed by atoms with Gasteiger partial charge < -0.3 is 5.32 Å². The second-order valence-corrected chi connectivity index (χ2v) is 5.52. The van der Waals surface area contributed by atoms with Crippen LogP contribution in [0.25, 0.3) is 0 Å². The Morgan fingerprint density at radius 2 is 2.06 bits per heavy atom. The predicted octanol–water partition coefficient (Wildman–Crippen LogP) is 4.12. The van der Waals surface area contributed by atoms with Crippen molar-refractivity contribution in [3.05, 3.63) is 23.4 Å². The fraction of sp³-hybridized carbons (Fsp3) is 0.615. The molecule has 88 valence electrons. The van der Waals surface area contributed by atoms with Crippen molar-refractivity contribution in [2.45, 2.75) is 39.0 Å². The van der Waals surface area contributed by atoms with Crippen LogP contribution in [-0.2, 0) is 0 Å². The van der Waals surface area contributed by atoms with Crippen molar-refractivity contribution < 1.29 is 0 Å². The molecule has 0 bridgehead atoms. The minimum Gasteiger partial charge on any atom is -0.370 e. The Hall–Kier alpha value is -0.760. The quantitative estimate of drug-likeness (QED) is 0.857. The Bertz CT molecular complexity index is 328. The van der Waals surface area contributed by atoms with Crippen LogP contribution in [0.3, 0.4) is 0 Å². The van der Waals surface area contributed by atoms with E-state index in [1.807, 2.05) is 12.1 Å². The highest BCUT2D eigenvalue weighted by atomic mass is 35.5. The minimum absolute atomic E-state index is 0.444. The van der Waals surface area contributed by atoms with Gasteiger partial charge in [0, 0.05) is 12.7 Å². The number of hydrogen-bond donors (Lipinski definition) is 1. The van der Waals surface area contributed by atoms with E-state index >= 15 is 0 Å². The predicted molar refractivity (Wildman–Crippen MR) is 68.9 cm³/mol. The van der Waals surface area contributed by atoms with Crippen LogP contribution in [0.4, 0.5) is 5.82 Å². The summed E-state index contributed by atoms with van der Waals surface area (Å²) in [4.78, 5) is 4.25. The minimum atomic E-state index is 0.444. The Balaban J connectivity index is 1.88. The van der Waals surface area contributed by atoms with Crippen LogP contribution < -0.4 is 5.32 Å². The molecule has 0 saturated heterocycles. The second kappa shape index (κ2) is 5.05. The summed E-state index contributed by atoms with van der Waals surface area (Å²) in [7, 11) is 0. The fourth-order valence-corrected chi connectivity index (χ4v) is 2.48. The molecule has 0 spiro atoms. The largest absolute Gasteiger partial charge is 0.370 e. The summed E-state index contributed by atoms with van der Waals surface area (Å²) in [6.45, 7) is 3.39. The van der Waals surface area contributed by atoms with Gasteiger partial charge in [-0.05, 0) is 30.4 Å². The third-order valence-corrected chi connectivity index (χ3v) is 3.71. The maximum atomic E-state index is 5.80. The summed E-state index contributed by atoms with van der Waals surface area (Å²) in [5, 5.41) is 4.10. The van der Waals surface area contributed by atoms with E-state index in [9.17, 15) is 0 Å². The molecule has 1 N–H and O–H groups in total. The van der Waals surface area contributed by atoms with Gasteiger partial charge in [0.25, 0.3) is 0 Å². The molecule has 1 aliphatic rings. The molecular formula is C13H19ClN2. The average Bonchev–Trinajstić information content (AvgIpc) is 2.29. The second-order valence-electron chi connectivity index (χ2n) is 5.09. The zero-order valence-electron chi connectivity index (χ0n) is 9.80. The normalized spacial score (nSPS) is 19.4. The number of nitrogens with one attached hydrogen (secondary N) is 1. The van der Waals surface area contributed by atoms with E-state index in [1.165, 1.54) is 32.1 Å². The van der Waals surface area contributed by atoms with E-state index in [0.717, 1.165) is 12.4 Å². The Morgan fingerprint density at radius 3 is 2.69 bits per heavy atom. The lowest BCUT2D eigenvalue weighted by molar-refractivity contribution is 0.233. The summed E-state index contributed by atoms with van der Waals surface area (Å²) in [5.74, 6) is 0.927. The molecule has 0 radical (unpaired) electrons. The highest BCUT2D eigenvalue weighted by molar-refractivity contribution is 6.30. The Kier molecular flexibility index (Phi) is 3.70. The van der Waals surface area contributed by atoms with E-state index in [0.29, 0.717) is 10.4 Å². The number of rotatable bonds is 3. The Morgan fingerprint density at radius 1 is 1.31 bits per heavy atom. The van der Waals surface area contributed by atoms with E-state index in [4.69, 9.17) is 11.6 Å².